The molecule has 4 aromatic rings. The molecule has 0 saturated carbocycles. The summed E-state index contributed by atoms with van der Waals surface area (Å²) in [6.45, 7) is 0.485. The molecule has 1 aromatic carbocycles. The van der Waals surface area contributed by atoms with Gasteiger partial charge in [0.2, 0.25) is 0 Å². The first-order valence-corrected chi connectivity index (χ1v) is 9.48. The molecule has 0 radical (unpaired) electrons. The molecule has 142 valence electrons. The van der Waals surface area contributed by atoms with Crippen LogP contribution in [0.3, 0.4) is 0 Å². The Hall–Kier alpha value is -2.82. The van der Waals surface area contributed by atoms with Crippen molar-refractivity contribution in [2.75, 3.05) is 0 Å². The highest BCUT2D eigenvalue weighted by Crippen LogP contribution is 2.26. The normalized spacial score (nSPS) is 11.2. The number of aliphatic carboxylic acids is 1. The van der Waals surface area contributed by atoms with Crippen LogP contribution in [0.25, 0.3) is 22.4 Å². The quantitative estimate of drug-likeness (QED) is 0.434. The molecule has 3 heterocycles. The molecule has 0 aliphatic carbocycles. The van der Waals surface area contributed by atoms with E-state index in [4.69, 9.17) is 5.11 Å². The number of aromatic nitrogens is 5. The Morgan fingerprint density at radius 1 is 1.25 bits per heavy atom. The van der Waals surface area contributed by atoms with Gasteiger partial charge in [-0.25, -0.2) is 14.4 Å². The van der Waals surface area contributed by atoms with E-state index >= 15 is 0 Å². The summed E-state index contributed by atoms with van der Waals surface area (Å²) in [6.07, 6.45) is 4.92. The lowest BCUT2D eigenvalue weighted by Gasteiger charge is -2.05. The Bertz CT molecular complexity index is 1180. The van der Waals surface area contributed by atoms with E-state index in [2.05, 4.69) is 15.0 Å². The smallest absolute Gasteiger partial charge is 0.309 e. The fourth-order valence-electron chi connectivity index (χ4n) is 3.02. The third kappa shape index (κ3) is 3.61. The zero-order valence-corrected chi connectivity index (χ0v) is 17.0. The predicted octanol–water partition coefficient (Wildman–Crippen LogP) is 3.25. The van der Waals surface area contributed by atoms with Crippen LogP contribution in [-0.4, -0.2) is 35.2 Å². The molecular weight excluding hydrogens is 476 g/mol. The van der Waals surface area contributed by atoms with Crippen LogP contribution >= 0.6 is 22.6 Å². The lowest BCUT2D eigenvalue weighted by atomic mass is 10.2. The summed E-state index contributed by atoms with van der Waals surface area (Å²) in [6, 6.07) is 7.02. The van der Waals surface area contributed by atoms with Gasteiger partial charge in [-0.1, -0.05) is 0 Å². The van der Waals surface area contributed by atoms with Crippen LogP contribution in [-0.2, 0) is 24.8 Å². The maximum atomic E-state index is 13.8. The first-order valence-electron chi connectivity index (χ1n) is 8.40. The Morgan fingerprint density at radius 2 is 2.07 bits per heavy atom. The van der Waals surface area contributed by atoms with Crippen LogP contribution in [0.2, 0.25) is 0 Å². The summed E-state index contributed by atoms with van der Waals surface area (Å²) in [7, 11) is 1.89. The zero-order chi connectivity index (χ0) is 19.8. The van der Waals surface area contributed by atoms with Gasteiger partial charge >= 0.3 is 5.97 Å². The third-order valence-corrected chi connectivity index (χ3v) is 5.20. The highest BCUT2D eigenvalue weighted by Gasteiger charge is 2.13. The zero-order valence-electron chi connectivity index (χ0n) is 14.8. The number of nitrogens with zero attached hydrogens (tertiary/aromatic N) is 5. The molecule has 0 saturated heterocycles. The summed E-state index contributed by atoms with van der Waals surface area (Å²) in [4.78, 5) is 23.8. The molecule has 0 unspecified atom stereocenters. The maximum Gasteiger partial charge on any atom is 0.309 e. The molecule has 9 heteroatoms. The van der Waals surface area contributed by atoms with Crippen molar-refractivity contribution in [1.29, 1.82) is 0 Å². The fraction of sp³-hybridized carbons (Fsp3) is 0.158. The molecule has 0 bridgehead atoms. The molecule has 3 aromatic heterocycles. The molecule has 4 rings (SSSR count). The number of carbonyl (C=O) groups is 1. The van der Waals surface area contributed by atoms with Crippen molar-refractivity contribution in [2.24, 2.45) is 7.05 Å². The minimum Gasteiger partial charge on any atom is -0.481 e. The van der Waals surface area contributed by atoms with E-state index in [-0.39, 0.29) is 12.2 Å². The van der Waals surface area contributed by atoms with Crippen LogP contribution in [0.5, 0.6) is 0 Å². The molecule has 0 spiro atoms. The number of hydrogen-bond acceptors (Lipinski definition) is 4. The predicted molar refractivity (Wildman–Crippen MR) is 109 cm³/mol. The highest BCUT2D eigenvalue weighted by atomic mass is 127. The van der Waals surface area contributed by atoms with Crippen LogP contribution in [0.15, 0.2) is 43.0 Å². The van der Waals surface area contributed by atoms with Gasteiger partial charge in [0.05, 0.1) is 45.3 Å². The van der Waals surface area contributed by atoms with Gasteiger partial charge in [0.1, 0.15) is 11.6 Å². The number of rotatable bonds is 5. The minimum absolute atomic E-state index is 0.106. The first kappa shape index (κ1) is 18.5. The second kappa shape index (κ2) is 7.30. The summed E-state index contributed by atoms with van der Waals surface area (Å²) >= 11 is 1.97. The molecule has 1 N–H and O–H groups in total. The number of carboxylic acids is 1. The van der Waals surface area contributed by atoms with Gasteiger partial charge in [-0.2, -0.15) is 0 Å². The second-order valence-electron chi connectivity index (χ2n) is 6.40. The summed E-state index contributed by atoms with van der Waals surface area (Å²) in [5.74, 6) is -0.486. The molecule has 0 aliphatic heterocycles. The van der Waals surface area contributed by atoms with Gasteiger partial charge < -0.3 is 14.2 Å². The minimum atomic E-state index is -0.912. The van der Waals surface area contributed by atoms with Gasteiger partial charge in [0.25, 0.3) is 0 Å². The molecule has 7 nitrogen and oxygen atoms in total. The Balaban J connectivity index is 1.58. The maximum absolute atomic E-state index is 13.8. The average Bonchev–Trinajstić information content (AvgIpc) is 3.21. The number of fused-ring (bicyclic) bond motifs is 1. The van der Waals surface area contributed by atoms with Gasteiger partial charge in [-0.05, 0) is 40.8 Å². The topological polar surface area (TPSA) is 85.8 Å². The van der Waals surface area contributed by atoms with Crippen LogP contribution in [0.4, 0.5) is 4.39 Å². The number of pyridine rings is 1. The van der Waals surface area contributed by atoms with Crippen molar-refractivity contribution in [3.05, 3.63) is 63.8 Å². The molecule has 0 aliphatic rings. The SMILES string of the molecule is Cn1c(-c2ccc(Cn3cnc(CC(=O)O)c3)nc2)nc2cc(F)c(I)cc21. The first-order chi connectivity index (χ1) is 13.4. The molecule has 0 fully saturated rings. The molecule has 28 heavy (non-hydrogen) atoms. The molecular formula is C19H15FIN5O2. The number of carboxylic acid groups (broad SMARTS) is 1. The van der Waals surface area contributed by atoms with Gasteiger partial charge in [-0.15, -0.1) is 0 Å². The van der Waals surface area contributed by atoms with Crippen LogP contribution < -0.4 is 0 Å². The number of benzene rings is 1. The van der Waals surface area contributed by atoms with E-state index in [1.165, 1.54) is 6.07 Å². The summed E-state index contributed by atoms with van der Waals surface area (Å²) in [5.41, 5.74) is 3.60. The van der Waals surface area contributed by atoms with E-state index in [0.29, 0.717) is 27.1 Å². The number of hydrogen-bond donors (Lipinski definition) is 1. The van der Waals surface area contributed by atoms with E-state index in [1.807, 2.05) is 46.3 Å². The average molecular weight is 491 g/mol. The summed E-state index contributed by atoms with van der Waals surface area (Å²) in [5, 5.41) is 8.82. The van der Waals surface area contributed by atoms with Crippen molar-refractivity contribution in [1.82, 2.24) is 24.1 Å². The van der Waals surface area contributed by atoms with Gasteiger partial charge in [0.15, 0.2) is 0 Å². The highest BCUT2D eigenvalue weighted by molar-refractivity contribution is 14.1. The fourth-order valence-corrected chi connectivity index (χ4v) is 3.47. The number of halogens is 2. The second-order valence-corrected chi connectivity index (χ2v) is 7.56. The monoisotopic (exact) mass is 491 g/mol. The van der Waals surface area contributed by atoms with E-state index in [0.717, 1.165) is 16.8 Å². The van der Waals surface area contributed by atoms with Crippen molar-refractivity contribution in [2.45, 2.75) is 13.0 Å². The van der Waals surface area contributed by atoms with Crippen molar-refractivity contribution < 1.29 is 14.3 Å². The van der Waals surface area contributed by atoms with Gasteiger partial charge in [0, 0.05) is 31.1 Å². The Morgan fingerprint density at radius 3 is 2.79 bits per heavy atom. The van der Waals surface area contributed by atoms with E-state index in [1.54, 1.807) is 29.4 Å². The van der Waals surface area contributed by atoms with Crippen LogP contribution in [0.1, 0.15) is 11.4 Å². The van der Waals surface area contributed by atoms with E-state index in [9.17, 15) is 9.18 Å². The van der Waals surface area contributed by atoms with E-state index < -0.39 is 5.97 Å². The van der Waals surface area contributed by atoms with Crippen molar-refractivity contribution in [3.8, 4) is 11.4 Å². The summed E-state index contributed by atoms with van der Waals surface area (Å²) < 4.78 is 18.1. The Kier molecular flexibility index (Phi) is 4.84. The van der Waals surface area contributed by atoms with Crippen molar-refractivity contribution >= 4 is 39.6 Å². The largest absolute Gasteiger partial charge is 0.481 e. The van der Waals surface area contributed by atoms with Crippen molar-refractivity contribution in [3.63, 3.8) is 0 Å². The molecule has 0 atom stereocenters. The Labute approximate surface area is 173 Å². The van der Waals surface area contributed by atoms with Gasteiger partial charge in [-0.3, -0.25) is 9.78 Å². The number of aryl methyl sites for hydroxylation is 1. The van der Waals surface area contributed by atoms with Crippen LogP contribution in [0, 0.1) is 9.39 Å². The third-order valence-electron chi connectivity index (χ3n) is 4.37. The molecule has 0 amide bonds. The number of imidazole rings is 2. The lowest BCUT2D eigenvalue weighted by Crippen LogP contribution is -2.01. The standard InChI is InChI=1S/C19H15FIN5O2/c1-25-17-6-15(21)14(20)5-16(17)24-19(25)11-2-3-12(22-7-11)8-26-9-13(23-10-26)4-18(27)28/h2-3,5-7,9-10H,4,8H2,1H3,(H,27,28). The lowest BCUT2D eigenvalue weighted by molar-refractivity contribution is -0.136.